The molecule has 31 heavy (non-hydrogen) atoms. The third-order valence-corrected chi connectivity index (χ3v) is 4.75. The Morgan fingerprint density at radius 2 is 1.65 bits per heavy atom. The van der Waals surface area contributed by atoms with Crippen LogP contribution in [0.3, 0.4) is 0 Å². The van der Waals surface area contributed by atoms with Crippen LogP contribution < -0.4 is 4.90 Å². The molecule has 3 aromatic rings. The van der Waals surface area contributed by atoms with E-state index >= 15 is 0 Å². The zero-order valence-electron chi connectivity index (χ0n) is 15.7. The summed E-state index contributed by atoms with van der Waals surface area (Å²) in [7, 11) is 0. The molecule has 1 aliphatic heterocycles. The molecule has 1 aliphatic rings. The predicted octanol–water partition coefficient (Wildman–Crippen LogP) is 3.15. The van der Waals surface area contributed by atoms with Crippen LogP contribution in [0.4, 0.5) is 16.0 Å². The van der Waals surface area contributed by atoms with E-state index in [2.05, 4.69) is 9.97 Å². The number of rotatable bonds is 4. The molecule has 0 spiro atoms. The SMILES string of the molecule is O=C1C(=O)N(c2ncccn2)[C@H](c2ccc([N+](=O)[O-])cc2)C1=C(O)c1ccc(F)cc1. The van der Waals surface area contributed by atoms with Crippen molar-refractivity contribution in [3.05, 3.63) is 99.6 Å². The topological polar surface area (TPSA) is 127 Å². The quantitative estimate of drug-likeness (QED) is 0.226. The van der Waals surface area contributed by atoms with E-state index in [4.69, 9.17) is 0 Å². The number of aliphatic hydroxyl groups excluding tert-OH is 1. The standard InChI is InChI=1S/C21H13FN4O5/c22-14-6-2-13(3-7-14)18(27)16-17(12-4-8-15(9-5-12)26(30)31)25(20(29)19(16)28)21-23-10-1-11-24-21/h1-11,17,27H/t17-/m1/s1. The second-order valence-corrected chi connectivity index (χ2v) is 6.57. The molecular formula is C21H13FN4O5. The maximum absolute atomic E-state index is 13.3. The average Bonchev–Trinajstić information content (AvgIpc) is 3.05. The Morgan fingerprint density at radius 1 is 1.03 bits per heavy atom. The van der Waals surface area contributed by atoms with Gasteiger partial charge in [0.15, 0.2) is 0 Å². The molecule has 2 heterocycles. The highest BCUT2D eigenvalue weighted by Gasteiger charge is 2.48. The second kappa shape index (κ2) is 7.75. The van der Waals surface area contributed by atoms with E-state index in [0.717, 1.165) is 17.0 Å². The van der Waals surface area contributed by atoms with E-state index in [-0.39, 0.29) is 22.8 Å². The van der Waals surface area contributed by atoms with E-state index in [1.807, 2.05) is 0 Å². The highest BCUT2D eigenvalue weighted by atomic mass is 19.1. The third kappa shape index (κ3) is 3.50. The Hall–Kier alpha value is -4.47. The number of hydrogen-bond acceptors (Lipinski definition) is 7. The van der Waals surface area contributed by atoms with Crippen LogP contribution in [0, 0.1) is 15.9 Å². The Labute approximate surface area is 174 Å². The summed E-state index contributed by atoms with van der Waals surface area (Å²) >= 11 is 0. The number of aliphatic hydroxyl groups is 1. The van der Waals surface area contributed by atoms with Crippen LogP contribution in [0.2, 0.25) is 0 Å². The van der Waals surface area contributed by atoms with E-state index in [0.29, 0.717) is 5.56 Å². The van der Waals surface area contributed by atoms with Crippen LogP contribution >= 0.6 is 0 Å². The average molecular weight is 420 g/mol. The molecule has 4 rings (SSSR count). The monoisotopic (exact) mass is 420 g/mol. The van der Waals surface area contributed by atoms with Gasteiger partial charge in [-0.1, -0.05) is 0 Å². The zero-order chi connectivity index (χ0) is 22.1. The molecule has 1 amide bonds. The normalized spacial score (nSPS) is 17.7. The molecule has 9 nitrogen and oxygen atoms in total. The molecule has 1 N–H and O–H groups in total. The molecule has 1 fully saturated rings. The highest BCUT2D eigenvalue weighted by Crippen LogP contribution is 2.41. The minimum atomic E-state index is -1.15. The number of benzene rings is 2. The van der Waals surface area contributed by atoms with Gasteiger partial charge in [0.25, 0.3) is 11.5 Å². The predicted molar refractivity (Wildman–Crippen MR) is 106 cm³/mol. The van der Waals surface area contributed by atoms with Gasteiger partial charge in [-0.05, 0) is 48.0 Å². The number of ketones is 1. The lowest BCUT2D eigenvalue weighted by Crippen LogP contribution is -2.31. The van der Waals surface area contributed by atoms with Crippen LogP contribution in [0.5, 0.6) is 0 Å². The highest BCUT2D eigenvalue weighted by molar-refractivity contribution is 6.51. The summed E-state index contributed by atoms with van der Waals surface area (Å²) in [5.74, 6) is -3.09. The molecule has 0 unspecified atom stereocenters. The smallest absolute Gasteiger partial charge is 0.302 e. The zero-order valence-corrected chi connectivity index (χ0v) is 15.7. The lowest BCUT2D eigenvalue weighted by molar-refractivity contribution is -0.384. The van der Waals surface area contributed by atoms with Crippen molar-refractivity contribution in [3.63, 3.8) is 0 Å². The number of carbonyl (C=O) groups is 2. The molecule has 1 saturated heterocycles. The van der Waals surface area contributed by atoms with Gasteiger partial charge in [-0.3, -0.25) is 24.6 Å². The number of amides is 1. The Balaban J connectivity index is 1.92. The summed E-state index contributed by atoms with van der Waals surface area (Å²) in [5.41, 5.74) is -0.00526. The maximum Gasteiger partial charge on any atom is 0.302 e. The fraction of sp³-hybridized carbons (Fsp3) is 0.0476. The summed E-state index contributed by atoms with van der Waals surface area (Å²) in [5, 5.41) is 21.8. The number of halogens is 1. The van der Waals surface area contributed by atoms with Gasteiger partial charge in [-0.2, -0.15) is 0 Å². The second-order valence-electron chi connectivity index (χ2n) is 6.57. The summed E-state index contributed by atoms with van der Waals surface area (Å²) < 4.78 is 13.3. The van der Waals surface area contributed by atoms with Gasteiger partial charge in [0, 0.05) is 30.1 Å². The van der Waals surface area contributed by atoms with Crippen molar-refractivity contribution in [2.24, 2.45) is 0 Å². The number of carbonyl (C=O) groups excluding carboxylic acids is 2. The number of anilines is 1. The number of Topliss-reactive ketones (excluding diaryl/α,β-unsaturated/α-hetero) is 1. The van der Waals surface area contributed by atoms with Gasteiger partial charge in [0.1, 0.15) is 11.6 Å². The van der Waals surface area contributed by atoms with Crippen molar-refractivity contribution in [1.29, 1.82) is 0 Å². The van der Waals surface area contributed by atoms with E-state index in [9.17, 15) is 29.2 Å². The van der Waals surface area contributed by atoms with E-state index < -0.39 is 34.2 Å². The van der Waals surface area contributed by atoms with Gasteiger partial charge in [-0.15, -0.1) is 0 Å². The van der Waals surface area contributed by atoms with Crippen molar-refractivity contribution in [2.45, 2.75) is 6.04 Å². The summed E-state index contributed by atoms with van der Waals surface area (Å²) in [6, 6.07) is 10.3. The van der Waals surface area contributed by atoms with Crippen LogP contribution in [0.15, 0.2) is 72.6 Å². The van der Waals surface area contributed by atoms with Gasteiger partial charge in [0.2, 0.25) is 5.95 Å². The first-order chi connectivity index (χ1) is 14.9. The number of aromatic nitrogens is 2. The molecule has 2 aromatic carbocycles. The molecule has 154 valence electrons. The van der Waals surface area contributed by atoms with Crippen LogP contribution in [0.1, 0.15) is 17.2 Å². The Kier molecular flexibility index (Phi) is 4.96. The van der Waals surface area contributed by atoms with Crippen LogP contribution in [-0.2, 0) is 9.59 Å². The van der Waals surface area contributed by atoms with Gasteiger partial charge >= 0.3 is 5.91 Å². The van der Waals surface area contributed by atoms with Crippen molar-refractivity contribution >= 4 is 29.1 Å². The largest absolute Gasteiger partial charge is 0.507 e. The molecular weight excluding hydrogens is 407 g/mol. The number of nitrogens with zero attached hydrogens (tertiary/aromatic N) is 4. The van der Waals surface area contributed by atoms with E-state index in [1.165, 1.54) is 54.9 Å². The lowest BCUT2D eigenvalue weighted by atomic mass is 9.95. The molecule has 0 aliphatic carbocycles. The van der Waals surface area contributed by atoms with Crippen molar-refractivity contribution in [3.8, 4) is 0 Å². The number of hydrogen-bond donors (Lipinski definition) is 1. The number of non-ortho nitro benzene ring substituents is 1. The van der Waals surface area contributed by atoms with Crippen molar-refractivity contribution in [1.82, 2.24) is 9.97 Å². The molecule has 0 saturated carbocycles. The molecule has 0 radical (unpaired) electrons. The maximum atomic E-state index is 13.3. The molecule has 0 bridgehead atoms. The van der Waals surface area contributed by atoms with Crippen LogP contribution in [-0.4, -0.2) is 31.7 Å². The minimum Gasteiger partial charge on any atom is -0.507 e. The fourth-order valence-corrected chi connectivity index (χ4v) is 3.31. The van der Waals surface area contributed by atoms with Gasteiger partial charge in [0.05, 0.1) is 16.5 Å². The van der Waals surface area contributed by atoms with Crippen molar-refractivity contribution in [2.75, 3.05) is 4.90 Å². The molecule has 10 heteroatoms. The molecule has 1 atom stereocenters. The summed E-state index contributed by atoms with van der Waals surface area (Å²) in [4.78, 5) is 45.2. The van der Waals surface area contributed by atoms with E-state index in [1.54, 1.807) is 0 Å². The fourth-order valence-electron chi connectivity index (χ4n) is 3.31. The summed E-state index contributed by atoms with van der Waals surface area (Å²) in [6.45, 7) is 0. The number of nitro groups is 1. The first-order valence-electron chi connectivity index (χ1n) is 8.97. The van der Waals surface area contributed by atoms with Gasteiger partial charge in [-0.25, -0.2) is 14.4 Å². The van der Waals surface area contributed by atoms with Crippen molar-refractivity contribution < 1.29 is 24.0 Å². The Bertz CT molecular complexity index is 1210. The number of nitro benzene ring substituents is 1. The summed E-state index contributed by atoms with van der Waals surface area (Å²) in [6.07, 6.45) is 2.77. The lowest BCUT2D eigenvalue weighted by Gasteiger charge is -2.23. The van der Waals surface area contributed by atoms with Crippen LogP contribution in [0.25, 0.3) is 5.76 Å². The Morgan fingerprint density at radius 3 is 2.23 bits per heavy atom. The first kappa shape index (κ1) is 19.8. The molecule has 1 aromatic heterocycles. The first-order valence-corrected chi connectivity index (χ1v) is 8.97. The van der Waals surface area contributed by atoms with Gasteiger partial charge < -0.3 is 5.11 Å². The third-order valence-electron chi connectivity index (χ3n) is 4.75. The minimum absolute atomic E-state index is 0.0777.